The fraction of sp³-hybridized carbons (Fsp3) is 0.500. The largest absolute Gasteiger partial charge is 0.313 e. The molecule has 1 saturated carbocycles. The van der Waals surface area contributed by atoms with Crippen LogP contribution in [0, 0.1) is 0 Å². The summed E-state index contributed by atoms with van der Waals surface area (Å²) >= 11 is 5.90. The molecular formula is C12H14ClN. The van der Waals surface area contributed by atoms with Gasteiger partial charge in [-0.1, -0.05) is 23.7 Å². The van der Waals surface area contributed by atoms with Gasteiger partial charge in [0.15, 0.2) is 0 Å². The van der Waals surface area contributed by atoms with Gasteiger partial charge in [-0.2, -0.15) is 0 Å². The first-order chi connectivity index (χ1) is 6.78. The molecule has 0 aromatic heterocycles. The zero-order chi connectivity index (χ0) is 9.60. The summed E-state index contributed by atoms with van der Waals surface area (Å²) in [5.74, 6) is 0. The first-order valence-corrected chi connectivity index (χ1v) is 5.66. The van der Waals surface area contributed by atoms with E-state index in [9.17, 15) is 0 Å². The molecule has 2 atom stereocenters. The third kappa shape index (κ3) is 1.19. The van der Waals surface area contributed by atoms with Crippen molar-refractivity contribution in [3.63, 3.8) is 0 Å². The fourth-order valence-corrected chi connectivity index (χ4v) is 3.09. The second-order valence-corrected chi connectivity index (χ2v) is 5.04. The Hall–Kier alpha value is -0.530. The summed E-state index contributed by atoms with van der Waals surface area (Å²) in [6, 6.07) is 9.18. The quantitative estimate of drug-likeness (QED) is 0.747. The van der Waals surface area contributed by atoms with Crippen LogP contribution in [0.3, 0.4) is 0 Å². The van der Waals surface area contributed by atoms with Gasteiger partial charge in [-0.05, 0) is 37.0 Å². The molecule has 1 aromatic carbocycles. The van der Waals surface area contributed by atoms with Crippen molar-refractivity contribution in [1.29, 1.82) is 0 Å². The van der Waals surface area contributed by atoms with Gasteiger partial charge < -0.3 is 5.32 Å². The number of hydrogen-bond acceptors (Lipinski definition) is 1. The van der Waals surface area contributed by atoms with E-state index in [0.717, 1.165) is 17.6 Å². The maximum Gasteiger partial charge on any atom is 0.0406 e. The topological polar surface area (TPSA) is 12.0 Å². The highest BCUT2D eigenvalue weighted by atomic mass is 35.5. The number of benzene rings is 1. The molecule has 0 amide bonds. The first kappa shape index (κ1) is 8.75. The summed E-state index contributed by atoms with van der Waals surface area (Å²) in [6.45, 7) is 1.15. The van der Waals surface area contributed by atoms with Crippen molar-refractivity contribution in [3.05, 3.63) is 34.9 Å². The van der Waals surface area contributed by atoms with Gasteiger partial charge >= 0.3 is 0 Å². The van der Waals surface area contributed by atoms with Crippen LogP contribution in [-0.2, 0) is 5.41 Å². The number of rotatable bonds is 1. The van der Waals surface area contributed by atoms with E-state index in [1.54, 1.807) is 0 Å². The van der Waals surface area contributed by atoms with E-state index in [0.29, 0.717) is 5.41 Å². The molecule has 2 unspecified atom stereocenters. The van der Waals surface area contributed by atoms with Gasteiger partial charge in [-0.15, -0.1) is 0 Å². The van der Waals surface area contributed by atoms with Crippen molar-refractivity contribution in [2.45, 2.75) is 30.7 Å². The average Bonchev–Trinajstić information content (AvgIpc) is 2.79. The minimum Gasteiger partial charge on any atom is -0.313 e. The molecule has 1 nitrogen and oxygen atoms in total. The lowest BCUT2D eigenvalue weighted by atomic mass is 9.80. The van der Waals surface area contributed by atoms with Gasteiger partial charge in [-0.25, -0.2) is 0 Å². The molecule has 1 saturated heterocycles. The summed E-state index contributed by atoms with van der Waals surface area (Å²) in [7, 11) is 0. The van der Waals surface area contributed by atoms with E-state index in [1.807, 2.05) is 12.1 Å². The van der Waals surface area contributed by atoms with Gasteiger partial charge in [0.1, 0.15) is 0 Å². The Morgan fingerprint density at radius 2 is 2.07 bits per heavy atom. The van der Waals surface area contributed by atoms with E-state index < -0.39 is 0 Å². The highest BCUT2D eigenvalue weighted by Gasteiger charge is 2.45. The van der Waals surface area contributed by atoms with Crippen LogP contribution >= 0.6 is 11.6 Å². The Morgan fingerprint density at radius 3 is 2.57 bits per heavy atom. The molecule has 2 heteroatoms. The summed E-state index contributed by atoms with van der Waals surface area (Å²) in [4.78, 5) is 0. The molecule has 1 aromatic rings. The smallest absolute Gasteiger partial charge is 0.0406 e. The minimum atomic E-state index is 0.426. The van der Waals surface area contributed by atoms with Crippen molar-refractivity contribution < 1.29 is 0 Å². The van der Waals surface area contributed by atoms with Crippen LogP contribution in [0.1, 0.15) is 24.8 Å². The Balaban J connectivity index is 1.98. The third-order valence-corrected chi connectivity index (χ3v) is 4.05. The molecule has 3 rings (SSSR count). The Morgan fingerprint density at radius 1 is 1.29 bits per heavy atom. The van der Waals surface area contributed by atoms with Crippen molar-refractivity contribution >= 4 is 11.6 Å². The maximum atomic E-state index is 5.90. The molecule has 0 radical (unpaired) electrons. The number of fused-ring (bicyclic) bond motifs is 2. The third-order valence-electron chi connectivity index (χ3n) is 3.79. The number of halogens is 1. The Kier molecular flexibility index (Phi) is 1.86. The molecule has 0 spiro atoms. The normalized spacial score (nSPS) is 35.1. The lowest BCUT2D eigenvalue weighted by Crippen LogP contribution is -2.32. The molecule has 2 aliphatic rings. The molecule has 1 heterocycles. The highest BCUT2D eigenvalue weighted by molar-refractivity contribution is 6.30. The molecule has 1 aliphatic heterocycles. The van der Waals surface area contributed by atoms with Crippen LogP contribution in [-0.4, -0.2) is 12.6 Å². The van der Waals surface area contributed by atoms with Crippen molar-refractivity contribution in [3.8, 4) is 0 Å². The molecule has 14 heavy (non-hydrogen) atoms. The van der Waals surface area contributed by atoms with Gasteiger partial charge in [-0.3, -0.25) is 0 Å². The Labute approximate surface area is 89.5 Å². The van der Waals surface area contributed by atoms with Gasteiger partial charge in [0, 0.05) is 23.0 Å². The lowest BCUT2D eigenvalue weighted by Gasteiger charge is -2.26. The number of hydrogen-bond donors (Lipinski definition) is 1. The van der Waals surface area contributed by atoms with Crippen LogP contribution < -0.4 is 5.32 Å². The van der Waals surface area contributed by atoms with Crippen LogP contribution in [0.2, 0.25) is 5.02 Å². The minimum absolute atomic E-state index is 0.426. The van der Waals surface area contributed by atoms with Crippen LogP contribution in [0.5, 0.6) is 0 Å². The fourth-order valence-electron chi connectivity index (χ4n) is 2.97. The van der Waals surface area contributed by atoms with E-state index in [2.05, 4.69) is 17.4 Å². The second kappa shape index (κ2) is 2.98. The van der Waals surface area contributed by atoms with E-state index >= 15 is 0 Å². The lowest BCUT2D eigenvalue weighted by molar-refractivity contribution is 0.439. The van der Waals surface area contributed by atoms with Crippen LogP contribution in [0.4, 0.5) is 0 Å². The molecule has 2 fully saturated rings. The first-order valence-electron chi connectivity index (χ1n) is 5.28. The second-order valence-electron chi connectivity index (χ2n) is 4.61. The monoisotopic (exact) mass is 207 g/mol. The number of piperidine rings is 1. The predicted molar refractivity (Wildman–Crippen MR) is 58.8 cm³/mol. The van der Waals surface area contributed by atoms with E-state index in [-0.39, 0.29) is 0 Å². The standard InChI is InChI=1S/C12H14ClN/c13-10-3-1-9(2-4-10)12-6-5-11(7-12)14-8-12/h1-4,11,14H,5-8H2. The van der Waals surface area contributed by atoms with Crippen molar-refractivity contribution in [1.82, 2.24) is 5.32 Å². The van der Waals surface area contributed by atoms with Crippen LogP contribution in [0.15, 0.2) is 24.3 Å². The van der Waals surface area contributed by atoms with Crippen LogP contribution in [0.25, 0.3) is 0 Å². The molecule has 1 N–H and O–H groups in total. The van der Waals surface area contributed by atoms with Gasteiger partial charge in [0.05, 0.1) is 0 Å². The summed E-state index contributed by atoms with van der Waals surface area (Å²) < 4.78 is 0. The molecule has 2 bridgehead atoms. The Bertz CT molecular complexity index is 336. The maximum absolute atomic E-state index is 5.90. The number of nitrogens with one attached hydrogen (secondary N) is 1. The highest BCUT2D eigenvalue weighted by Crippen LogP contribution is 2.45. The van der Waals surface area contributed by atoms with E-state index in [1.165, 1.54) is 24.8 Å². The van der Waals surface area contributed by atoms with E-state index in [4.69, 9.17) is 11.6 Å². The van der Waals surface area contributed by atoms with Gasteiger partial charge in [0.2, 0.25) is 0 Å². The zero-order valence-electron chi connectivity index (χ0n) is 8.09. The summed E-state index contributed by atoms with van der Waals surface area (Å²) in [6.07, 6.45) is 3.99. The molecule has 74 valence electrons. The zero-order valence-corrected chi connectivity index (χ0v) is 8.85. The predicted octanol–water partition coefficient (Wildman–Crippen LogP) is 2.73. The molecule has 1 aliphatic carbocycles. The van der Waals surface area contributed by atoms with Crippen molar-refractivity contribution in [2.75, 3.05) is 6.54 Å². The molecular weight excluding hydrogens is 194 g/mol. The summed E-state index contributed by atoms with van der Waals surface area (Å²) in [5, 5.41) is 4.42. The summed E-state index contributed by atoms with van der Waals surface area (Å²) in [5.41, 5.74) is 1.89. The van der Waals surface area contributed by atoms with Crippen molar-refractivity contribution in [2.24, 2.45) is 0 Å². The average molecular weight is 208 g/mol. The van der Waals surface area contributed by atoms with Gasteiger partial charge in [0.25, 0.3) is 0 Å². The SMILES string of the molecule is Clc1ccc(C23CCC(C2)NC3)cc1.